The highest BCUT2D eigenvalue weighted by molar-refractivity contribution is 6.44. The molecule has 1 aliphatic rings. The molecule has 0 aliphatic heterocycles. The Morgan fingerprint density at radius 1 is 0.745 bits per heavy atom. The lowest BCUT2D eigenvalue weighted by Crippen LogP contribution is -2.44. The molecule has 279 valence electrons. The van der Waals surface area contributed by atoms with Crippen molar-refractivity contribution in [3.05, 3.63) is 156 Å². The highest BCUT2D eigenvalue weighted by Crippen LogP contribution is 2.47. The number of aryl methyl sites for hydroxylation is 1. The van der Waals surface area contributed by atoms with Gasteiger partial charge in [-0.1, -0.05) is 145 Å². The van der Waals surface area contributed by atoms with E-state index in [1.165, 1.54) is 77.3 Å². The van der Waals surface area contributed by atoms with E-state index in [1.807, 2.05) is 12.3 Å². The Bertz CT molecular complexity index is 2340. The van der Waals surface area contributed by atoms with E-state index in [0.29, 0.717) is 11.8 Å². The number of fused-ring (bicyclic) bond motifs is 3. The lowest BCUT2D eigenvalue weighted by atomic mass is 9.82. The van der Waals surface area contributed by atoms with Gasteiger partial charge in [-0.15, -0.1) is 6.58 Å². The molecule has 0 saturated carbocycles. The lowest BCUT2D eigenvalue weighted by Gasteiger charge is -2.29. The minimum atomic E-state index is 0.0369. The number of hydrogen-bond donors (Lipinski definition) is 0. The van der Waals surface area contributed by atoms with Gasteiger partial charge in [-0.3, -0.25) is 4.98 Å². The molecule has 3 unspecified atom stereocenters. The van der Waals surface area contributed by atoms with Crippen molar-refractivity contribution in [2.24, 2.45) is 0 Å². The third-order valence-corrected chi connectivity index (χ3v) is 15.7. The Hall–Kier alpha value is -4.53. The number of allylic oxidation sites excluding steroid dienone is 2. The maximum Gasteiger partial charge on any atom is 0.505 e. The molecule has 1 aromatic heterocycles. The van der Waals surface area contributed by atoms with Crippen LogP contribution in [0.15, 0.2) is 122 Å². The number of nitrogens with zero attached hydrogens (tertiary/aromatic N) is 1. The van der Waals surface area contributed by atoms with Crippen LogP contribution in [-0.4, -0.2) is 14.5 Å². The highest BCUT2D eigenvalue weighted by Gasteiger charge is 2.54. The monoisotopic (exact) mass is 737 g/mol. The van der Waals surface area contributed by atoms with Crippen LogP contribution in [0.2, 0.25) is 0 Å². The van der Waals surface area contributed by atoms with Crippen LogP contribution < -0.4 is 0 Å². The fourth-order valence-electron chi connectivity index (χ4n) is 9.23. The van der Waals surface area contributed by atoms with E-state index in [0.717, 1.165) is 54.5 Å². The Morgan fingerprint density at radius 3 is 2.09 bits per heavy atom. The Morgan fingerprint density at radius 2 is 1.42 bits per heavy atom. The fraction of sp³-hybridized carbons (Fsp3) is 0.340. The van der Waals surface area contributed by atoms with E-state index >= 15 is 0 Å². The van der Waals surface area contributed by atoms with Crippen molar-refractivity contribution >= 4 is 37.1 Å². The molecule has 0 spiro atoms. The second-order valence-corrected chi connectivity index (χ2v) is 18.6. The minimum absolute atomic E-state index is 0.0369. The zero-order valence-corrected chi connectivity index (χ0v) is 35.3. The second-order valence-electron chi connectivity index (χ2n) is 16.3. The summed E-state index contributed by atoms with van der Waals surface area (Å²) in [5.74, 6) is 0.774. The molecule has 1 heterocycles. The summed E-state index contributed by atoms with van der Waals surface area (Å²) in [5.41, 5.74) is 13.5. The number of rotatable bonds is 14. The molecule has 55 heavy (non-hydrogen) atoms. The van der Waals surface area contributed by atoms with Crippen LogP contribution in [0.5, 0.6) is 0 Å². The van der Waals surface area contributed by atoms with Crippen molar-refractivity contribution in [3.8, 4) is 22.3 Å². The van der Waals surface area contributed by atoms with Crippen molar-refractivity contribution in [2.45, 2.75) is 115 Å². The average Bonchev–Trinajstić information content (AvgIpc) is 3.24. The molecular weight excluding hydrogens is 679 g/mol. The van der Waals surface area contributed by atoms with Crippen molar-refractivity contribution in [2.75, 3.05) is 0 Å². The van der Waals surface area contributed by atoms with Gasteiger partial charge in [-0.2, -0.15) is 0 Å². The maximum atomic E-state index is 4.89. The first-order valence-corrected chi connectivity index (χ1v) is 22.0. The van der Waals surface area contributed by atoms with Gasteiger partial charge in [0.1, 0.15) is 10.1 Å². The van der Waals surface area contributed by atoms with Crippen LogP contribution in [0, 0.1) is 0 Å². The van der Waals surface area contributed by atoms with Crippen molar-refractivity contribution in [1.82, 2.24) is 4.98 Å². The molecular formula is C53H59NSi+. The van der Waals surface area contributed by atoms with Crippen molar-refractivity contribution in [3.63, 3.8) is 0 Å². The van der Waals surface area contributed by atoms with Gasteiger partial charge >= 0.3 is 9.52 Å². The van der Waals surface area contributed by atoms with Gasteiger partial charge < -0.3 is 0 Å². The molecule has 6 aromatic rings. The van der Waals surface area contributed by atoms with Crippen LogP contribution in [0.4, 0.5) is 0 Å². The molecule has 2 heteroatoms. The standard InChI is InChI=1S/C53H59NSi/c1-9-18-37(7)49-34-42(31-32-54-49)50-45-21-16-17-22-46(45)51(41-24-23-39-19-14-15-20-40(39)33-41)48-35-44(29-30-47(48)50)53(12-4,13-5)55-52(8,11-3)43-27-25-38(26-28-43)36(6)10-2/h10,14,16-17,19,21-37H,2,9,11-13,15,18,20H2,1,3-8H3/q+1. The summed E-state index contributed by atoms with van der Waals surface area (Å²) < 4.78 is 0. The summed E-state index contributed by atoms with van der Waals surface area (Å²) in [6, 6.07) is 38.0. The van der Waals surface area contributed by atoms with Gasteiger partial charge in [-0.25, -0.2) is 0 Å². The van der Waals surface area contributed by atoms with Crippen molar-refractivity contribution < 1.29 is 0 Å². The van der Waals surface area contributed by atoms with Crippen LogP contribution in [0.3, 0.4) is 0 Å². The van der Waals surface area contributed by atoms with Gasteiger partial charge in [0, 0.05) is 11.9 Å². The topological polar surface area (TPSA) is 12.9 Å². The molecule has 1 radical (unpaired) electrons. The minimum Gasteiger partial charge on any atom is -0.261 e. The number of hydrogen-bond acceptors (Lipinski definition) is 1. The quantitative estimate of drug-likeness (QED) is 0.0616. The number of benzene rings is 5. The molecule has 0 saturated heterocycles. The van der Waals surface area contributed by atoms with Crippen LogP contribution >= 0.6 is 0 Å². The van der Waals surface area contributed by atoms with E-state index in [4.69, 9.17) is 4.98 Å². The zero-order chi connectivity index (χ0) is 38.7. The lowest BCUT2D eigenvalue weighted by molar-refractivity contribution is 0.514. The molecule has 7 rings (SSSR count). The van der Waals surface area contributed by atoms with E-state index in [-0.39, 0.29) is 10.1 Å². The summed E-state index contributed by atoms with van der Waals surface area (Å²) in [6.45, 7) is 20.6. The molecule has 0 bridgehead atoms. The molecule has 3 atom stereocenters. The SMILES string of the molecule is C=CC(C)c1ccc(C(C)(CC)[Si+]C(CC)(CC)c2ccc3c(-c4ccnc(C(C)CCC)c4)c4ccccc4c(-c4ccc5c(c4)CCC=C5)c3c2)cc1. The average molecular weight is 738 g/mol. The highest BCUT2D eigenvalue weighted by atomic mass is 28.2. The van der Waals surface area contributed by atoms with E-state index in [9.17, 15) is 0 Å². The Kier molecular flexibility index (Phi) is 11.5. The summed E-state index contributed by atoms with van der Waals surface area (Å²) in [5, 5.41) is 5.40. The maximum absolute atomic E-state index is 4.89. The second kappa shape index (κ2) is 16.3. The molecule has 5 aromatic carbocycles. The number of aromatic nitrogens is 1. The summed E-state index contributed by atoms with van der Waals surface area (Å²) in [7, 11) is 0.733. The third-order valence-electron chi connectivity index (χ3n) is 13.0. The van der Waals surface area contributed by atoms with E-state index < -0.39 is 0 Å². The normalized spacial score (nSPS) is 15.0. The molecule has 0 fully saturated rings. The van der Waals surface area contributed by atoms with Gasteiger partial charge in [-0.05, 0) is 147 Å². The molecule has 1 aliphatic carbocycles. The smallest absolute Gasteiger partial charge is 0.261 e. The summed E-state index contributed by atoms with van der Waals surface area (Å²) in [4.78, 5) is 4.89. The van der Waals surface area contributed by atoms with Crippen LogP contribution in [0.25, 0.3) is 49.9 Å². The van der Waals surface area contributed by atoms with Gasteiger partial charge in [0.15, 0.2) is 0 Å². The summed E-state index contributed by atoms with van der Waals surface area (Å²) in [6.07, 6.45) is 16.5. The van der Waals surface area contributed by atoms with Gasteiger partial charge in [0.05, 0.1) is 0 Å². The molecule has 0 amide bonds. The summed E-state index contributed by atoms with van der Waals surface area (Å²) >= 11 is 0. The first-order valence-electron chi connectivity index (χ1n) is 21.0. The molecule has 1 nitrogen and oxygen atoms in total. The third kappa shape index (κ3) is 7.31. The first kappa shape index (κ1) is 38.7. The van der Waals surface area contributed by atoms with Crippen LogP contribution in [-0.2, 0) is 16.5 Å². The largest absolute Gasteiger partial charge is 0.505 e. The zero-order valence-electron chi connectivity index (χ0n) is 34.3. The van der Waals surface area contributed by atoms with Crippen molar-refractivity contribution in [1.29, 1.82) is 0 Å². The van der Waals surface area contributed by atoms with Crippen LogP contribution in [0.1, 0.15) is 132 Å². The van der Waals surface area contributed by atoms with Gasteiger partial charge in [0.25, 0.3) is 0 Å². The number of pyridine rings is 1. The van der Waals surface area contributed by atoms with E-state index in [1.54, 1.807) is 0 Å². The molecule has 0 N–H and O–H groups in total. The Balaban J connectivity index is 1.47. The predicted octanol–water partition coefficient (Wildman–Crippen LogP) is 14.9. The Labute approximate surface area is 333 Å². The van der Waals surface area contributed by atoms with E-state index in [2.05, 4.69) is 164 Å². The predicted molar refractivity (Wildman–Crippen MR) is 242 cm³/mol. The van der Waals surface area contributed by atoms with Gasteiger partial charge in [0.2, 0.25) is 0 Å². The fourth-order valence-corrected chi connectivity index (χ4v) is 11.4. The first-order chi connectivity index (χ1) is 26.7.